The van der Waals surface area contributed by atoms with Crippen molar-refractivity contribution in [2.24, 2.45) is 5.92 Å². The minimum absolute atomic E-state index is 0.116. The molecule has 26 heavy (non-hydrogen) atoms. The Hall–Kier alpha value is -2.80. The number of methoxy groups -OCH3 is 2. The van der Waals surface area contributed by atoms with E-state index >= 15 is 0 Å². The van der Waals surface area contributed by atoms with E-state index in [9.17, 15) is 9.59 Å². The van der Waals surface area contributed by atoms with Crippen molar-refractivity contribution in [1.82, 2.24) is 4.98 Å². The van der Waals surface area contributed by atoms with Crippen molar-refractivity contribution in [3.8, 4) is 11.6 Å². The molecule has 2 aromatic rings. The molecule has 3 rings (SSSR count). The Labute approximate surface area is 155 Å². The average molecular weight is 376 g/mol. The van der Waals surface area contributed by atoms with Crippen LogP contribution in [0.2, 0.25) is 5.02 Å². The van der Waals surface area contributed by atoms with Crippen LogP contribution in [0, 0.1) is 5.92 Å². The van der Waals surface area contributed by atoms with Gasteiger partial charge in [0.05, 0.1) is 37.7 Å². The SMILES string of the molecule is COc1ccc(NC(=O)C2CC(=O)N(c3cc(Cl)ccc3OC)C2)cn1. The van der Waals surface area contributed by atoms with E-state index in [1.165, 1.54) is 25.3 Å². The van der Waals surface area contributed by atoms with Crippen LogP contribution in [-0.2, 0) is 9.59 Å². The van der Waals surface area contributed by atoms with Crippen molar-refractivity contribution >= 4 is 34.8 Å². The number of carbonyl (C=O) groups is 2. The third-order valence-corrected chi connectivity index (χ3v) is 4.38. The number of aromatic nitrogens is 1. The standard InChI is InChI=1S/C18H18ClN3O4/c1-25-15-5-3-12(19)8-14(15)22-10-11(7-17(22)23)18(24)21-13-4-6-16(26-2)20-9-13/h3-6,8-9,11H,7,10H2,1-2H3,(H,21,24). The van der Waals surface area contributed by atoms with Gasteiger partial charge in [0.25, 0.3) is 0 Å². The number of halogens is 1. The van der Waals surface area contributed by atoms with Crippen molar-refractivity contribution in [2.45, 2.75) is 6.42 Å². The van der Waals surface area contributed by atoms with Gasteiger partial charge in [0, 0.05) is 24.1 Å². The number of carbonyl (C=O) groups excluding carboxylic acids is 2. The van der Waals surface area contributed by atoms with Crippen LogP contribution >= 0.6 is 11.6 Å². The van der Waals surface area contributed by atoms with Crippen molar-refractivity contribution < 1.29 is 19.1 Å². The molecule has 0 spiro atoms. The normalized spacial score (nSPS) is 16.5. The van der Waals surface area contributed by atoms with E-state index in [-0.39, 0.29) is 24.8 Å². The van der Waals surface area contributed by atoms with Crippen LogP contribution in [0.25, 0.3) is 0 Å². The van der Waals surface area contributed by atoms with Gasteiger partial charge in [-0.3, -0.25) is 9.59 Å². The van der Waals surface area contributed by atoms with E-state index in [2.05, 4.69) is 10.3 Å². The fraction of sp³-hybridized carbons (Fsp3) is 0.278. The highest BCUT2D eigenvalue weighted by atomic mass is 35.5. The largest absolute Gasteiger partial charge is 0.495 e. The first kappa shape index (κ1) is 18.0. The molecule has 0 saturated carbocycles. The third-order valence-electron chi connectivity index (χ3n) is 4.14. The number of pyridine rings is 1. The summed E-state index contributed by atoms with van der Waals surface area (Å²) < 4.78 is 10.3. The zero-order valence-electron chi connectivity index (χ0n) is 14.4. The van der Waals surface area contributed by atoms with Crippen LogP contribution in [0.3, 0.4) is 0 Å². The van der Waals surface area contributed by atoms with E-state index in [4.69, 9.17) is 21.1 Å². The molecule has 0 bridgehead atoms. The maximum absolute atomic E-state index is 12.5. The van der Waals surface area contributed by atoms with Gasteiger partial charge in [0.15, 0.2) is 0 Å². The molecule has 0 aliphatic carbocycles. The summed E-state index contributed by atoms with van der Waals surface area (Å²) in [5.41, 5.74) is 1.11. The van der Waals surface area contributed by atoms with Gasteiger partial charge in [-0.05, 0) is 24.3 Å². The Morgan fingerprint density at radius 3 is 2.73 bits per heavy atom. The molecule has 1 saturated heterocycles. The first-order valence-electron chi connectivity index (χ1n) is 7.96. The second kappa shape index (κ2) is 7.61. The highest BCUT2D eigenvalue weighted by Crippen LogP contribution is 2.35. The molecule has 1 aromatic heterocycles. The molecular formula is C18H18ClN3O4. The topological polar surface area (TPSA) is 80.8 Å². The van der Waals surface area contributed by atoms with Crippen LogP contribution in [0.4, 0.5) is 11.4 Å². The Bertz CT molecular complexity index is 826. The van der Waals surface area contributed by atoms with Crippen LogP contribution in [0.5, 0.6) is 11.6 Å². The Kier molecular flexibility index (Phi) is 5.27. The van der Waals surface area contributed by atoms with Gasteiger partial charge in [0.1, 0.15) is 5.75 Å². The summed E-state index contributed by atoms with van der Waals surface area (Å²) >= 11 is 6.04. The predicted octanol–water partition coefficient (Wildman–Crippen LogP) is 2.74. The van der Waals surface area contributed by atoms with Gasteiger partial charge < -0.3 is 19.7 Å². The molecule has 2 heterocycles. The summed E-state index contributed by atoms with van der Waals surface area (Å²) in [6.07, 6.45) is 1.62. The molecule has 1 aromatic carbocycles. The number of nitrogens with one attached hydrogen (secondary N) is 1. The summed E-state index contributed by atoms with van der Waals surface area (Å²) in [6, 6.07) is 8.38. The van der Waals surface area contributed by atoms with Gasteiger partial charge in [-0.15, -0.1) is 0 Å². The lowest BCUT2D eigenvalue weighted by atomic mass is 10.1. The quantitative estimate of drug-likeness (QED) is 0.869. The molecule has 1 atom stereocenters. The number of hydrogen-bond acceptors (Lipinski definition) is 5. The van der Waals surface area contributed by atoms with Crippen molar-refractivity contribution in [1.29, 1.82) is 0 Å². The minimum atomic E-state index is -0.478. The number of nitrogens with zero attached hydrogens (tertiary/aromatic N) is 2. The highest BCUT2D eigenvalue weighted by Gasteiger charge is 2.36. The maximum atomic E-state index is 12.5. The van der Waals surface area contributed by atoms with Gasteiger partial charge in [-0.2, -0.15) is 0 Å². The Balaban J connectivity index is 1.72. The molecule has 1 aliphatic rings. The molecule has 7 nitrogen and oxygen atoms in total. The molecule has 0 radical (unpaired) electrons. The summed E-state index contributed by atoms with van der Waals surface area (Å²) in [6.45, 7) is 0.255. The number of ether oxygens (including phenoxy) is 2. The molecule has 136 valence electrons. The second-order valence-corrected chi connectivity index (χ2v) is 6.24. The van der Waals surface area contributed by atoms with Crippen LogP contribution in [0.15, 0.2) is 36.5 Å². The Morgan fingerprint density at radius 2 is 2.08 bits per heavy atom. The van der Waals surface area contributed by atoms with E-state index < -0.39 is 5.92 Å². The van der Waals surface area contributed by atoms with Crippen molar-refractivity contribution in [3.05, 3.63) is 41.6 Å². The molecule has 1 aliphatic heterocycles. The molecule has 8 heteroatoms. The smallest absolute Gasteiger partial charge is 0.229 e. The van der Waals surface area contributed by atoms with Crippen molar-refractivity contribution in [3.63, 3.8) is 0 Å². The van der Waals surface area contributed by atoms with Crippen molar-refractivity contribution in [2.75, 3.05) is 31.0 Å². The third kappa shape index (κ3) is 3.72. The minimum Gasteiger partial charge on any atom is -0.495 e. The van der Waals surface area contributed by atoms with Crippen LogP contribution in [-0.4, -0.2) is 37.6 Å². The van der Waals surface area contributed by atoms with Gasteiger partial charge in [-0.25, -0.2) is 4.98 Å². The van der Waals surface area contributed by atoms with Gasteiger partial charge >= 0.3 is 0 Å². The molecular weight excluding hydrogens is 358 g/mol. The number of benzene rings is 1. The van der Waals surface area contributed by atoms with Gasteiger partial charge in [-0.1, -0.05) is 11.6 Å². The lowest BCUT2D eigenvalue weighted by molar-refractivity contribution is -0.122. The fourth-order valence-electron chi connectivity index (χ4n) is 2.81. The van der Waals surface area contributed by atoms with Gasteiger partial charge in [0.2, 0.25) is 17.7 Å². The van der Waals surface area contributed by atoms with E-state index in [1.807, 2.05) is 0 Å². The average Bonchev–Trinajstić information content (AvgIpc) is 3.04. The van der Waals surface area contributed by atoms with Crippen LogP contribution in [0.1, 0.15) is 6.42 Å². The number of anilines is 2. The number of hydrogen-bond donors (Lipinski definition) is 1. The molecule has 1 unspecified atom stereocenters. The fourth-order valence-corrected chi connectivity index (χ4v) is 2.98. The summed E-state index contributed by atoms with van der Waals surface area (Å²) in [7, 11) is 3.04. The molecule has 1 fully saturated rings. The highest BCUT2D eigenvalue weighted by molar-refractivity contribution is 6.31. The lowest BCUT2D eigenvalue weighted by Gasteiger charge is -2.19. The van der Waals surface area contributed by atoms with Crippen LogP contribution < -0.4 is 19.7 Å². The number of rotatable bonds is 5. The zero-order valence-corrected chi connectivity index (χ0v) is 15.1. The lowest BCUT2D eigenvalue weighted by Crippen LogP contribution is -2.28. The second-order valence-electron chi connectivity index (χ2n) is 5.80. The maximum Gasteiger partial charge on any atom is 0.229 e. The predicted molar refractivity (Wildman–Crippen MR) is 97.9 cm³/mol. The summed E-state index contributed by atoms with van der Waals surface area (Å²) in [4.78, 5) is 30.5. The number of amides is 2. The monoisotopic (exact) mass is 375 g/mol. The van der Waals surface area contributed by atoms with E-state index in [1.54, 1.807) is 30.3 Å². The van der Waals surface area contributed by atoms with E-state index in [0.29, 0.717) is 28.0 Å². The molecule has 1 N–H and O–H groups in total. The summed E-state index contributed by atoms with van der Waals surface area (Å²) in [5, 5.41) is 3.27. The summed E-state index contributed by atoms with van der Waals surface area (Å²) in [5.74, 6) is 0.113. The van der Waals surface area contributed by atoms with E-state index in [0.717, 1.165) is 0 Å². The zero-order chi connectivity index (χ0) is 18.7. The first-order valence-corrected chi connectivity index (χ1v) is 8.34. The molecule has 2 amide bonds. The Morgan fingerprint density at radius 1 is 1.27 bits per heavy atom. The first-order chi connectivity index (χ1) is 12.5.